The molecule has 0 radical (unpaired) electrons. The van der Waals surface area contributed by atoms with Crippen molar-refractivity contribution in [3.63, 3.8) is 0 Å². The summed E-state index contributed by atoms with van der Waals surface area (Å²) in [6.45, 7) is -0.308. The van der Waals surface area contributed by atoms with E-state index in [1.54, 1.807) is 24.3 Å². The van der Waals surface area contributed by atoms with E-state index in [2.05, 4.69) is 0 Å². The maximum absolute atomic E-state index is 9.87. The number of thioether (sulfide) groups is 1. The molecule has 6 nitrogen and oxygen atoms in total. The Morgan fingerprint density at radius 3 is 2.26 bits per heavy atom. The van der Waals surface area contributed by atoms with Crippen molar-refractivity contribution in [2.45, 2.75) is 29.0 Å². The smallest absolute Gasteiger partial charge is 0.173 e. The highest BCUT2D eigenvalue weighted by molar-refractivity contribution is 8.00. The van der Waals surface area contributed by atoms with Gasteiger partial charge in [0.15, 0.2) is 5.44 Å². The number of nitrogens with two attached hydrogens (primary N) is 1. The highest BCUT2D eigenvalue weighted by Crippen LogP contribution is 2.34. The largest absolute Gasteiger partial charge is 0.477 e. The summed E-state index contributed by atoms with van der Waals surface area (Å²) in [5, 5.41) is 37.8. The van der Waals surface area contributed by atoms with Crippen LogP contribution < -0.4 is 10.5 Å². The molecule has 0 bridgehead atoms. The lowest BCUT2D eigenvalue weighted by Gasteiger charge is -2.39. The molecule has 1 heterocycles. The van der Waals surface area contributed by atoms with Crippen LogP contribution in [-0.2, 0) is 0 Å². The summed E-state index contributed by atoms with van der Waals surface area (Å²) in [6.07, 6.45) is -3.77. The van der Waals surface area contributed by atoms with E-state index in [4.69, 9.17) is 15.6 Å². The number of aliphatic hydroxyl groups excluding tert-OH is 4. The fraction of sp³-hybridized carbons (Fsp3) is 0.500. The van der Waals surface area contributed by atoms with Gasteiger partial charge in [-0.15, -0.1) is 11.8 Å². The topological polar surface area (TPSA) is 116 Å². The van der Waals surface area contributed by atoms with Crippen LogP contribution in [0.5, 0.6) is 5.75 Å². The molecule has 106 valence electrons. The van der Waals surface area contributed by atoms with Gasteiger partial charge < -0.3 is 30.9 Å². The number of hydrogen-bond donors (Lipinski definition) is 5. The molecule has 0 amide bonds. The second kappa shape index (κ2) is 5.98. The van der Waals surface area contributed by atoms with Gasteiger partial charge in [-0.05, 0) is 24.3 Å². The van der Waals surface area contributed by atoms with Crippen molar-refractivity contribution < 1.29 is 25.2 Å². The van der Waals surface area contributed by atoms with E-state index < -0.39 is 29.0 Å². The first kappa shape index (κ1) is 14.4. The number of ether oxygens (including phenoxy) is 1. The zero-order chi connectivity index (χ0) is 14.0. The van der Waals surface area contributed by atoms with Crippen molar-refractivity contribution in [2.24, 2.45) is 0 Å². The molecule has 0 saturated carbocycles. The van der Waals surface area contributed by atoms with Gasteiger partial charge in [0.1, 0.15) is 18.0 Å². The Balaban J connectivity index is 2.08. The number of anilines is 1. The summed E-state index contributed by atoms with van der Waals surface area (Å²) in [7, 11) is 0. The van der Waals surface area contributed by atoms with Crippen LogP contribution in [0.2, 0.25) is 0 Å². The van der Waals surface area contributed by atoms with Gasteiger partial charge in [0, 0.05) is 5.69 Å². The molecular weight excluding hydrogens is 270 g/mol. The molecule has 6 N–H and O–H groups in total. The van der Waals surface area contributed by atoms with E-state index in [1.807, 2.05) is 0 Å². The van der Waals surface area contributed by atoms with E-state index in [0.29, 0.717) is 11.4 Å². The predicted molar refractivity (Wildman–Crippen MR) is 71.8 cm³/mol. The maximum Gasteiger partial charge on any atom is 0.173 e. The molecule has 1 aliphatic rings. The Morgan fingerprint density at radius 1 is 1.05 bits per heavy atom. The van der Waals surface area contributed by atoms with Crippen LogP contribution in [-0.4, -0.2) is 56.0 Å². The van der Waals surface area contributed by atoms with Crippen molar-refractivity contribution in [1.82, 2.24) is 0 Å². The average Bonchev–Trinajstić information content (AvgIpc) is 2.42. The van der Waals surface area contributed by atoms with Crippen LogP contribution in [0.15, 0.2) is 24.3 Å². The Kier molecular flexibility index (Phi) is 4.54. The minimum Gasteiger partial charge on any atom is -0.477 e. The Labute approximate surface area is 114 Å². The number of rotatable bonds is 3. The summed E-state index contributed by atoms with van der Waals surface area (Å²) in [6, 6.07) is 6.61. The monoisotopic (exact) mass is 287 g/mol. The normalized spacial score (nSPS) is 35.1. The van der Waals surface area contributed by atoms with Crippen LogP contribution in [0.4, 0.5) is 5.69 Å². The Bertz CT molecular complexity index is 413. The van der Waals surface area contributed by atoms with Crippen LogP contribution in [0, 0.1) is 0 Å². The lowest BCUT2D eigenvalue weighted by Crippen LogP contribution is -2.55. The highest BCUT2D eigenvalue weighted by atomic mass is 32.2. The number of hydrogen-bond acceptors (Lipinski definition) is 7. The summed E-state index contributed by atoms with van der Waals surface area (Å²) in [4.78, 5) is 0. The molecule has 1 aliphatic heterocycles. The van der Waals surface area contributed by atoms with Gasteiger partial charge in [-0.1, -0.05) is 0 Å². The lowest BCUT2D eigenvalue weighted by molar-refractivity contribution is -0.0909. The van der Waals surface area contributed by atoms with Gasteiger partial charge in [0.05, 0.1) is 18.0 Å². The Morgan fingerprint density at radius 2 is 1.68 bits per heavy atom. The van der Waals surface area contributed by atoms with Gasteiger partial charge in [-0.3, -0.25) is 0 Å². The molecule has 0 aromatic heterocycles. The summed E-state index contributed by atoms with van der Waals surface area (Å²) < 4.78 is 5.55. The quantitative estimate of drug-likeness (QED) is 0.460. The molecule has 2 rings (SSSR count). The third-order valence-electron chi connectivity index (χ3n) is 2.98. The zero-order valence-corrected chi connectivity index (χ0v) is 10.9. The fourth-order valence-corrected chi connectivity index (χ4v) is 3.09. The van der Waals surface area contributed by atoms with Crippen molar-refractivity contribution in [2.75, 3.05) is 12.3 Å². The van der Waals surface area contributed by atoms with E-state index >= 15 is 0 Å². The van der Waals surface area contributed by atoms with E-state index in [0.717, 1.165) is 11.8 Å². The fourth-order valence-electron chi connectivity index (χ4n) is 1.85. The van der Waals surface area contributed by atoms with E-state index in [-0.39, 0.29) is 6.61 Å². The first-order valence-corrected chi connectivity index (χ1v) is 6.80. The van der Waals surface area contributed by atoms with Gasteiger partial charge >= 0.3 is 0 Å². The second-order valence-electron chi connectivity index (χ2n) is 4.38. The van der Waals surface area contributed by atoms with E-state index in [1.165, 1.54) is 0 Å². The third kappa shape index (κ3) is 3.13. The highest BCUT2D eigenvalue weighted by Gasteiger charge is 2.44. The molecule has 1 fully saturated rings. The van der Waals surface area contributed by atoms with Crippen LogP contribution >= 0.6 is 11.8 Å². The van der Waals surface area contributed by atoms with Crippen molar-refractivity contribution >= 4 is 17.4 Å². The minimum atomic E-state index is -1.35. The molecular formula is C12H17NO5S. The number of nitrogen functional groups attached to an aromatic ring is 1. The molecule has 5 atom stereocenters. The molecule has 1 saturated heterocycles. The average molecular weight is 287 g/mol. The molecule has 7 heteroatoms. The maximum atomic E-state index is 9.87. The summed E-state index contributed by atoms with van der Waals surface area (Å²) in [5.74, 6) is 0.492. The lowest BCUT2D eigenvalue weighted by atomic mass is 10.0. The van der Waals surface area contributed by atoms with Gasteiger partial charge in [-0.2, -0.15) is 0 Å². The van der Waals surface area contributed by atoms with E-state index in [9.17, 15) is 15.3 Å². The first-order valence-electron chi connectivity index (χ1n) is 5.85. The van der Waals surface area contributed by atoms with Gasteiger partial charge in [0.2, 0.25) is 0 Å². The summed E-state index contributed by atoms with van der Waals surface area (Å²) >= 11 is 1.09. The molecule has 5 unspecified atom stereocenters. The van der Waals surface area contributed by atoms with Crippen molar-refractivity contribution in [1.29, 1.82) is 0 Å². The number of benzene rings is 1. The molecule has 1 aromatic rings. The first-order chi connectivity index (χ1) is 9.02. The van der Waals surface area contributed by atoms with Crippen LogP contribution in [0.1, 0.15) is 0 Å². The second-order valence-corrected chi connectivity index (χ2v) is 5.73. The molecule has 1 aromatic carbocycles. The summed E-state index contributed by atoms with van der Waals surface area (Å²) in [5.41, 5.74) is 5.38. The van der Waals surface area contributed by atoms with Gasteiger partial charge in [0.25, 0.3) is 0 Å². The van der Waals surface area contributed by atoms with Crippen LogP contribution in [0.25, 0.3) is 0 Å². The van der Waals surface area contributed by atoms with Crippen molar-refractivity contribution in [3.8, 4) is 5.75 Å². The predicted octanol–water partition coefficient (Wildman–Crippen LogP) is -0.836. The standard InChI is InChI=1S/C12H17NO5S/c13-6-1-3-7(4-2-6)18-12-11(17)10(16)9(15)8(5-14)19-12/h1-4,8-12,14-17H,5,13H2. The van der Waals surface area contributed by atoms with Crippen molar-refractivity contribution in [3.05, 3.63) is 24.3 Å². The molecule has 19 heavy (non-hydrogen) atoms. The van der Waals surface area contributed by atoms with Crippen LogP contribution in [0.3, 0.4) is 0 Å². The number of aliphatic hydroxyl groups is 4. The Hall–Kier alpha value is -0.990. The van der Waals surface area contributed by atoms with Gasteiger partial charge in [-0.25, -0.2) is 0 Å². The molecule has 0 spiro atoms. The minimum absolute atomic E-state index is 0.308. The zero-order valence-electron chi connectivity index (χ0n) is 10.1. The molecule has 0 aliphatic carbocycles. The SMILES string of the molecule is Nc1ccc(OC2SC(CO)C(O)C(O)C2O)cc1. The third-order valence-corrected chi connectivity index (χ3v) is 4.40.